The number of aromatic nitrogens is 2. The number of hydrogen-bond acceptors (Lipinski definition) is 3. The minimum atomic E-state index is -0.323. The highest BCUT2D eigenvalue weighted by Gasteiger charge is 2.46. The van der Waals surface area contributed by atoms with E-state index >= 15 is 0 Å². The molecule has 0 unspecified atom stereocenters. The Morgan fingerprint density at radius 3 is 1.51 bits per heavy atom. The van der Waals surface area contributed by atoms with Crippen molar-refractivity contribution in [1.29, 1.82) is 0 Å². The molecule has 0 saturated heterocycles. The fourth-order valence-corrected chi connectivity index (χ4v) is 9.73. The van der Waals surface area contributed by atoms with Crippen LogP contribution in [0.4, 0.5) is 17.3 Å². The van der Waals surface area contributed by atoms with Gasteiger partial charge in [0, 0.05) is 22.0 Å². The molecule has 0 radical (unpaired) electrons. The highest BCUT2D eigenvalue weighted by atomic mass is 15.3. The molecule has 0 amide bonds. The monoisotopic (exact) mass is 705 g/mol. The predicted molar refractivity (Wildman–Crippen MR) is 230 cm³/mol. The van der Waals surface area contributed by atoms with Crippen LogP contribution in [-0.2, 0) is 10.8 Å². The Kier molecular flexibility index (Phi) is 6.65. The van der Waals surface area contributed by atoms with E-state index in [1.165, 1.54) is 71.4 Å². The molecular weight excluding hydrogens is 667 g/mol. The van der Waals surface area contributed by atoms with E-state index in [1.807, 2.05) is 0 Å². The summed E-state index contributed by atoms with van der Waals surface area (Å²) in [5, 5.41) is 7.77. The summed E-state index contributed by atoms with van der Waals surface area (Å²) in [4.78, 5) is 13.3. The van der Waals surface area contributed by atoms with E-state index in [0.717, 1.165) is 28.2 Å². The summed E-state index contributed by atoms with van der Waals surface area (Å²) in [5.74, 6) is 0.673. The van der Waals surface area contributed by atoms with Gasteiger partial charge in [0.25, 0.3) is 0 Å². The number of rotatable bonds is 3. The number of anilines is 3. The highest BCUT2D eigenvalue weighted by molar-refractivity contribution is 6.26. The highest BCUT2D eigenvalue weighted by Crippen LogP contribution is 2.61. The summed E-state index contributed by atoms with van der Waals surface area (Å²) < 4.78 is 0. The molecular formula is C52H39N3. The number of para-hydroxylation sites is 1. The summed E-state index contributed by atoms with van der Waals surface area (Å²) in [6, 6.07) is 59.5. The van der Waals surface area contributed by atoms with E-state index in [2.05, 4.69) is 196 Å². The fourth-order valence-electron chi connectivity index (χ4n) is 9.73. The van der Waals surface area contributed by atoms with Crippen molar-refractivity contribution in [3.05, 3.63) is 186 Å². The summed E-state index contributed by atoms with van der Waals surface area (Å²) >= 11 is 0. The number of fused-ring (bicyclic) bond motifs is 12. The molecule has 2 heterocycles. The van der Waals surface area contributed by atoms with Gasteiger partial charge in [-0.3, -0.25) is 4.90 Å². The quantitative estimate of drug-likeness (QED) is 0.171. The van der Waals surface area contributed by atoms with Gasteiger partial charge in [0.05, 0.1) is 22.8 Å². The molecule has 0 spiro atoms. The average Bonchev–Trinajstić information content (AvgIpc) is 3.46. The van der Waals surface area contributed by atoms with Crippen molar-refractivity contribution in [3.63, 3.8) is 0 Å². The largest absolute Gasteiger partial charge is 0.278 e. The molecule has 262 valence electrons. The maximum absolute atomic E-state index is 5.45. The van der Waals surface area contributed by atoms with E-state index in [9.17, 15) is 0 Å². The van der Waals surface area contributed by atoms with Crippen molar-refractivity contribution in [3.8, 4) is 33.6 Å². The molecule has 2 aliphatic rings. The molecule has 1 aliphatic carbocycles. The molecule has 0 bridgehead atoms. The van der Waals surface area contributed by atoms with Gasteiger partial charge >= 0.3 is 0 Å². The Labute approximate surface area is 321 Å². The first-order valence-corrected chi connectivity index (χ1v) is 19.3. The maximum atomic E-state index is 5.45. The van der Waals surface area contributed by atoms with Gasteiger partial charge in [-0.2, -0.15) is 0 Å². The van der Waals surface area contributed by atoms with Crippen LogP contribution in [0.15, 0.2) is 164 Å². The Morgan fingerprint density at radius 1 is 0.400 bits per heavy atom. The lowest BCUT2D eigenvalue weighted by Gasteiger charge is -2.43. The smallest absolute Gasteiger partial charge is 0.235 e. The van der Waals surface area contributed by atoms with Gasteiger partial charge in [0.2, 0.25) is 5.95 Å². The Morgan fingerprint density at radius 2 is 0.909 bits per heavy atom. The lowest BCUT2D eigenvalue weighted by molar-refractivity contribution is 0.616. The van der Waals surface area contributed by atoms with Gasteiger partial charge in [-0.05, 0) is 90.0 Å². The molecule has 55 heavy (non-hydrogen) atoms. The standard InChI is InChI=1S/C52H39N3/c1-51(2)42-25-15-16-26-47(42)55(50-53-45(32-17-7-5-8-18-32)31-46(54-50)33-19-9-6-10-20-33)49-43(51)28-27-38-41-29-39-36-23-13-11-21-34(36)35-22-12-14-24-37(35)40(39)30-44(41)52(3,4)48(38)49/h5-31H,1-4H3. The minimum absolute atomic E-state index is 0.265. The normalized spacial score (nSPS) is 14.8. The second-order valence-electron chi connectivity index (χ2n) is 16.2. The van der Waals surface area contributed by atoms with Gasteiger partial charge in [0.1, 0.15) is 0 Å². The summed E-state index contributed by atoms with van der Waals surface area (Å²) in [6.45, 7) is 9.56. The second kappa shape index (κ2) is 11.5. The van der Waals surface area contributed by atoms with Crippen LogP contribution in [0.25, 0.3) is 66.0 Å². The van der Waals surface area contributed by atoms with Gasteiger partial charge < -0.3 is 0 Å². The van der Waals surface area contributed by atoms with Crippen LogP contribution in [0.5, 0.6) is 0 Å². The van der Waals surface area contributed by atoms with Crippen molar-refractivity contribution in [2.45, 2.75) is 38.5 Å². The topological polar surface area (TPSA) is 29.0 Å². The van der Waals surface area contributed by atoms with E-state index in [1.54, 1.807) is 0 Å². The average molecular weight is 706 g/mol. The third-order valence-electron chi connectivity index (χ3n) is 12.4. The number of nitrogens with zero attached hydrogens (tertiary/aromatic N) is 3. The van der Waals surface area contributed by atoms with Crippen LogP contribution in [0.1, 0.15) is 49.9 Å². The SMILES string of the molecule is CC1(C)c2ccccc2N(c2nc(-c3ccccc3)cc(-c3ccccc3)n2)c2c1ccc1c2C(C)(C)c2cc3c4ccccc4c4ccccc4c3cc2-1. The summed E-state index contributed by atoms with van der Waals surface area (Å²) in [5.41, 5.74) is 13.4. The first-order chi connectivity index (χ1) is 26.8. The van der Waals surface area contributed by atoms with Crippen molar-refractivity contribution in [2.75, 3.05) is 4.90 Å². The Bertz CT molecular complexity index is 2970. The maximum Gasteiger partial charge on any atom is 0.235 e. The minimum Gasteiger partial charge on any atom is -0.278 e. The molecule has 3 nitrogen and oxygen atoms in total. The van der Waals surface area contributed by atoms with E-state index in [4.69, 9.17) is 9.97 Å². The van der Waals surface area contributed by atoms with Crippen molar-refractivity contribution in [1.82, 2.24) is 9.97 Å². The van der Waals surface area contributed by atoms with Crippen LogP contribution in [0, 0.1) is 0 Å². The zero-order valence-electron chi connectivity index (χ0n) is 31.4. The number of benzene rings is 8. The molecule has 0 saturated carbocycles. The first kappa shape index (κ1) is 31.9. The van der Waals surface area contributed by atoms with E-state index in [0.29, 0.717) is 5.95 Å². The van der Waals surface area contributed by atoms with Gasteiger partial charge in [0.15, 0.2) is 0 Å². The molecule has 0 atom stereocenters. The molecule has 8 aromatic carbocycles. The summed E-state index contributed by atoms with van der Waals surface area (Å²) in [7, 11) is 0. The lowest BCUT2D eigenvalue weighted by Crippen LogP contribution is -2.34. The third kappa shape index (κ3) is 4.50. The van der Waals surface area contributed by atoms with E-state index < -0.39 is 0 Å². The molecule has 0 fully saturated rings. The Hall–Kier alpha value is -6.58. The van der Waals surface area contributed by atoms with Crippen LogP contribution in [-0.4, -0.2) is 9.97 Å². The molecule has 3 heteroatoms. The van der Waals surface area contributed by atoms with E-state index in [-0.39, 0.29) is 10.8 Å². The zero-order valence-corrected chi connectivity index (χ0v) is 31.4. The molecule has 1 aliphatic heterocycles. The van der Waals surface area contributed by atoms with Crippen molar-refractivity contribution < 1.29 is 0 Å². The first-order valence-electron chi connectivity index (χ1n) is 19.3. The Balaban J connectivity index is 1.23. The fraction of sp³-hybridized carbons (Fsp3) is 0.115. The molecule has 0 N–H and O–H groups in total. The third-order valence-corrected chi connectivity index (χ3v) is 12.4. The molecule has 1 aromatic heterocycles. The van der Waals surface area contributed by atoms with Crippen LogP contribution < -0.4 is 4.90 Å². The summed E-state index contributed by atoms with van der Waals surface area (Å²) in [6.07, 6.45) is 0. The van der Waals surface area contributed by atoms with Gasteiger partial charge in [-0.25, -0.2) is 9.97 Å². The van der Waals surface area contributed by atoms with Crippen LogP contribution in [0.2, 0.25) is 0 Å². The molecule has 9 aromatic rings. The van der Waals surface area contributed by atoms with Crippen LogP contribution in [0.3, 0.4) is 0 Å². The second-order valence-corrected chi connectivity index (χ2v) is 16.2. The predicted octanol–water partition coefficient (Wildman–Crippen LogP) is 13.7. The number of hydrogen-bond donors (Lipinski definition) is 0. The molecule has 11 rings (SSSR count). The van der Waals surface area contributed by atoms with Crippen molar-refractivity contribution >= 4 is 49.6 Å². The van der Waals surface area contributed by atoms with Gasteiger partial charge in [-0.1, -0.05) is 167 Å². The van der Waals surface area contributed by atoms with Gasteiger partial charge in [-0.15, -0.1) is 0 Å². The van der Waals surface area contributed by atoms with Crippen LogP contribution >= 0.6 is 0 Å². The lowest BCUT2D eigenvalue weighted by atomic mass is 9.70. The zero-order chi connectivity index (χ0) is 37.1. The van der Waals surface area contributed by atoms with Crippen molar-refractivity contribution in [2.24, 2.45) is 0 Å².